The number of benzene rings is 4. The zero-order valence-electron chi connectivity index (χ0n) is 26.3. The predicted octanol–water partition coefficient (Wildman–Crippen LogP) is 5.58. The van der Waals surface area contributed by atoms with Gasteiger partial charge < -0.3 is 40.3 Å². The molecule has 9 heteroatoms. The minimum absolute atomic E-state index is 0.0239. The lowest BCUT2D eigenvalue weighted by molar-refractivity contribution is -0.252. The number of amides is 2. The number of hydrogen-bond acceptors (Lipinski definition) is 7. The van der Waals surface area contributed by atoms with Crippen LogP contribution < -0.4 is 10.6 Å². The third kappa shape index (κ3) is 8.72. The maximum absolute atomic E-state index is 12.0. The number of aliphatic hydroxyl groups is 2. The van der Waals surface area contributed by atoms with Crippen LogP contribution in [0.5, 0.6) is 5.75 Å². The zero-order chi connectivity index (χ0) is 32.5. The average molecular weight is 626 g/mol. The maximum atomic E-state index is 12.0. The van der Waals surface area contributed by atoms with Crippen LogP contribution in [0.1, 0.15) is 59.7 Å². The molecule has 0 bridgehead atoms. The molecular formula is C37H43N3O6. The molecule has 5 rings (SSSR count). The molecule has 0 aromatic heterocycles. The molecule has 1 fully saturated rings. The number of urea groups is 1. The number of nitrogens with one attached hydrogen (secondary N) is 2. The topological polar surface area (TPSA) is 124 Å². The van der Waals surface area contributed by atoms with Gasteiger partial charge in [0.05, 0.1) is 24.9 Å². The second-order valence-corrected chi connectivity index (χ2v) is 11.7. The van der Waals surface area contributed by atoms with E-state index in [0.29, 0.717) is 38.2 Å². The maximum Gasteiger partial charge on any atom is 0.315 e. The second-order valence-electron chi connectivity index (χ2n) is 11.7. The molecule has 46 heavy (non-hydrogen) atoms. The standard InChI is InChI=1S/C37H43N3O6/c1-3-38-37(44)39-21-30-7-4-5-10-33(30)26-15-17-28(18-16-26)36-45-32(20-35(46-36)27-13-11-25(24-41)12-14-27)22-40(2)23-34(43)29-8-6-9-31(42)19-29/h4-19,32,34-36,41-43H,3,20-24H2,1-2H3,(H2,38,39,44). The monoisotopic (exact) mass is 625 g/mol. The third-order valence-corrected chi connectivity index (χ3v) is 8.16. The summed E-state index contributed by atoms with van der Waals surface area (Å²) in [6, 6.07) is 30.4. The molecule has 5 N–H and O–H groups in total. The highest BCUT2D eigenvalue weighted by molar-refractivity contribution is 5.74. The summed E-state index contributed by atoms with van der Waals surface area (Å²) in [5, 5.41) is 35.8. The largest absolute Gasteiger partial charge is 0.508 e. The molecule has 4 aromatic rings. The van der Waals surface area contributed by atoms with Crippen LogP contribution in [-0.4, -0.2) is 59.0 Å². The molecule has 1 aliphatic rings. The third-order valence-electron chi connectivity index (χ3n) is 8.16. The smallest absolute Gasteiger partial charge is 0.315 e. The number of nitrogens with zero attached hydrogens (tertiary/aromatic N) is 1. The highest BCUT2D eigenvalue weighted by Crippen LogP contribution is 2.39. The van der Waals surface area contributed by atoms with Crippen molar-refractivity contribution >= 4 is 6.03 Å². The number of carbonyl (C=O) groups excluding carboxylic acids is 1. The van der Waals surface area contributed by atoms with Gasteiger partial charge in [-0.3, -0.25) is 0 Å². The van der Waals surface area contributed by atoms with Crippen LogP contribution in [0.3, 0.4) is 0 Å². The van der Waals surface area contributed by atoms with E-state index in [1.807, 2.05) is 91.7 Å². The van der Waals surface area contributed by atoms with Gasteiger partial charge in [-0.2, -0.15) is 0 Å². The second kappa shape index (κ2) is 15.8. The Bertz CT molecular complexity index is 1560. The lowest BCUT2D eigenvalue weighted by Crippen LogP contribution is -2.39. The van der Waals surface area contributed by atoms with Gasteiger partial charge in [-0.15, -0.1) is 0 Å². The van der Waals surface area contributed by atoms with Crippen LogP contribution in [0.4, 0.5) is 4.79 Å². The number of aromatic hydroxyl groups is 1. The lowest BCUT2D eigenvalue weighted by atomic mass is 9.97. The van der Waals surface area contributed by atoms with E-state index in [0.717, 1.165) is 33.4 Å². The van der Waals surface area contributed by atoms with E-state index in [1.165, 1.54) is 0 Å². The Kier molecular flexibility index (Phi) is 11.4. The number of phenolic OH excluding ortho intramolecular Hbond substituents is 1. The summed E-state index contributed by atoms with van der Waals surface area (Å²) in [5.41, 5.74) is 6.43. The van der Waals surface area contributed by atoms with E-state index in [4.69, 9.17) is 9.47 Å². The number of phenols is 1. The van der Waals surface area contributed by atoms with E-state index in [9.17, 15) is 20.1 Å². The van der Waals surface area contributed by atoms with E-state index in [2.05, 4.69) is 10.6 Å². The van der Waals surface area contributed by atoms with E-state index >= 15 is 0 Å². The van der Waals surface area contributed by atoms with Gasteiger partial charge >= 0.3 is 6.03 Å². The van der Waals surface area contributed by atoms with Crippen LogP contribution in [0.2, 0.25) is 0 Å². The van der Waals surface area contributed by atoms with Crippen molar-refractivity contribution in [2.75, 3.05) is 26.7 Å². The van der Waals surface area contributed by atoms with Crippen molar-refractivity contribution in [3.63, 3.8) is 0 Å². The molecule has 4 unspecified atom stereocenters. The molecule has 1 heterocycles. The van der Waals surface area contributed by atoms with Gasteiger partial charge in [0.1, 0.15) is 5.75 Å². The van der Waals surface area contributed by atoms with E-state index in [1.54, 1.807) is 24.3 Å². The lowest BCUT2D eigenvalue weighted by Gasteiger charge is -2.38. The quantitative estimate of drug-likeness (QED) is 0.139. The minimum Gasteiger partial charge on any atom is -0.508 e. The zero-order valence-corrected chi connectivity index (χ0v) is 26.3. The molecule has 242 valence electrons. The molecule has 0 aliphatic carbocycles. The number of hydrogen-bond donors (Lipinski definition) is 5. The van der Waals surface area contributed by atoms with Crippen LogP contribution in [0.15, 0.2) is 97.1 Å². The molecule has 9 nitrogen and oxygen atoms in total. The first-order valence-corrected chi connectivity index (χ1v) is 15.7. The number of ether oxygens (including phenoxy) is 2. The highest BCUT2D eigenvalue weighted by Gasteiger charge is 2.33. The molecule has 4 aromatic carbocycles. The summed E-state index contributed by atoms with van der Waals surface area (Å²) in [6.45, 7) is 3.76. The number of carbonyl (C=O) groups is 1. The van der Waals surface area contributed by atoms with Gasteiger partial charge in [-0.25, -0.2) is 4.79 Å². The van der Waals surface area contributed by atoms with Crippen LogP contribution in [-0.2, 0) is 22.6 Å². The Labute approximate surface area is 270 Å². The van der Waals surface area contributed by atoms with Crippen molar-refractivity contribution in [1.82, 2.24) is 15.5 Å². The van der Waals surface area contributed by atoms with Crippen LogP contribution >= 0.6 is 0 Å². The van der Waals surface area contributed by atoms with Crippen LogP contribution in [0, 0.1) is 0 Å². The van der Waals surface area contributed by atoms with Crippen molar-refractivity contribution in [3.05, 3.63) is 125 Å². The first-order valence-electron chi connectivity index (χ1n) is 15.7. The van der Waals surface area contributed by atoms with E-state index < -0.39 is 12.4 Å². The fraction of sp³-hybridized carbons (Fsp3) is 0.324. The SMILES string of the molecule is CCNC(=O)NCc1ccccc1-c1ccc(C2OC(CN(C)CC(O)c3cccc(O)c3)CC(c3ccc(CO)cc3)O2)cc1. The normalized spacial score (nSPS) is 18.7. The van der Waals surface area contributed by atoms with Crippen LogP contribution in [0.25, 0.3) is 11.1 Å². The summed E-state index contributed by atoms with van der Waals surface area (Å²) in [5.74, 6) is 0.121. The summed E-state index contributed by atoms with van der Waals surface area (Å²) in [7, 11) is 1.94. The fourth-order valence-corrected chi connectivity index (χ4v) is 5.76. The van der Waals surface area contributed by atoms with Crippen molar-refractivity contribution in [2.45, 2.75) is 51.1 Å². The Morgan fingerprint density at radius 3 is 2.39 bits per heavy atom. The van der Waals surface area contributed by atoms with Gasteiger partial charge in [-0.1, -0.05) is 84.9 Å². The summed E-state index contributed by atoms with van der Waals surface area (Å²) < 4.78 is 13.1. The van der Waals surface area contributed by atoms with Crippen molar-refractivity contribution in [3.8, 4) is 16.9 Å². The molecule has 0 radical (unpaired) electrons. The predicted molar refractivity (Wildman–Crippen MR) is 177 cm³/mol. The summed E-state index contributed by atoms with van der Waals surface area (Å²) in [6.07, 6.45) is -1.19. The van der Waals surface area contributed by atoms with Gasteiger partial charge in [-0.05, 0) is 59.5 Å². The van der Waals surface area contributed by atoms with Crippen molar-refractivity contribution in [1.29, 1.82) is 0 Å². The van der Waals surface area contributed by atoms with Crippen molar-refractivity contribution < 1.29 is 29.6 Å². The number of rotatable bonds is 12. The molecule has 0 spiro atoms. The van der Waals surface area contributed by atoms with Gasteiger partial charge in [0.2, 0.25) is 0 Å². The molecule has 1 saturated heterocycles. The van der Waals surface area contributed by atoms with E-state index in [-0.39, 0.29) is 30.6 Å². The average Bonchev–Trinajstić information content (AvgIpc) is 3.07. The summed E-state index contributed by atoms with van der Waals surface area (Å²) in [4.78, 5) is 14.0. The highest BCUT2D eigenvalue weighted by atomic mass is 16.7. The Morgan fingerprint density at radius 1 is 0.935 bits per heavy atom. The fourth-order valence-electron chi connectivity index (χ4n) is 5.76. The number of likely N-dealkylation sites (N-methyl/N-ethyl adjacent to an activating group) is 1. The Balaban J connectivity index is 1.32. The van der Waals surface area contributed by atoms with Gasteiger partial charge in [0.25, 0.3) is 0 Å². The van der Waals surface area contributed by atoms with Gasteiger partial charge in [0.15, 0.2) is 6.29 Å². The van der Waals surface area contributed by atoms with Gasteiger partial charge in [0, 0.05) is 38.2 Å². The first-order chi connectivity index (χ1) is 22.3. The van der Waals surface area contributed by atoms with Crippen molar-refractivity contribution in [2.24, 2.45) is 0 Å². The molecular weight excluding hydrogens is 582 g/mol. The summed E-state index contributed by atoms with van der Waals surface area (Å²) >= 11 is 0. The molecule has 2 amide bonds. The molecule has 4 atom stereocenters. The Hall–Kier alpha value is -4.25. The molecule has 1 aliphatic heterocycles. The minimum atomic E-state index is -0.763. The first kappa shape index (κ1) is 33.1. The molecule has 0 saturated carbocycles. The Morgan fingerprint density at radius 2 is 1.67 bits per heavy atom. The number of aliphatic hydroxyl groups excluding tert-OH is 2.